The molecule has 0 atom stereocenters. The van der Waals surface area contributed by atoms with Gasteiger partial charge in [-0.1, -0.05) is 72.8 Å². The Bertz CT molecular complexity index is 1170. The van der Waals surface area contributed by atoms with Crippen molar-refractivity contribution in [3.05, 3.63) is 101 Å². The summed E-state index contributed by atoms with van der Waals surface area (Å²) in [6, 6.07) is 25.9. The van der Waals surface area contributed by atoms with Crippen LogP contribution in [0.4, 0.5) is 0 Å². The van der Waals surface area contributed by atoms with Gasteiger partial charge in [-0.05, 0) is 17.7 Å². The number of hydrogen-bond donors (Lipinski definition) is 0. The topological polar surface area (TPSA) is 61.2 Å². The lowest BCUT2D eigenvalue weighted by atomic mass is 10.2. The number of rotatable bonds is 5. The smallest absolute Gasteiger partial charge is 0.326 e. The summed E-state index contributed by atoms with van der Waals surface area (Å²) < 4.78 is 6.74. The Kier molecular flexibility index (Phi) is 4.97. The van der Waals surface area contributed by atoms with Crippen LogP contribution in [0.5, 0.6) is 0 Å². The van der Waals surface area contributed by atoms with Gasteiger partial charge in [0.05, 0.1) is 10.9 Å². The van der Waals surface area contributed by atoms with Crippen molar-refractivity contribution >= 4 is 16.9 Å². The van der Waals surface area contributed by atoms with E-state index in [-0.39, 0.29) is 18.7 Å². The predicted octanol–water partition coefficient (Wildman–Crippen LogP) is 3.81. The lowest BCUT2D eigenvalue weighted by Gasteiger charge is -2.13. The van der Waals surface area contributed by atoms with Gasteiger partial charge in [0.1, 0.15) is 19.0 Å². The molecule has 0 aliphatic heterocycles. The molecule has 3 aromatic carbocycles. The summed E-state index contributed by atoms with van der Waals surface area (Å²) in [5.41, 5.74) is 1.99. The first-order chi connectivity index (χ1) is 13.7. The monoisotopic (exact) mass is 370 g/mol. The van der Waals surface area contributed by atoms with Crippen LogP contribution in [0.25, 0.3) is 22.3 Å². The Morgan fingerprint density at radius 2 is 1.50 bits per heavy atom. The Morgan fingerprint density at radius 1 is 0.857 bits per heavy atom. The molecule has 4 aromatic rings. The van der Waals surface area contributed by atoms with E-state index in [4.69, 9.17) is 4.74 Å². The van der Waals surface area contributed by atoms with Crippen LogP contribution in [0.1, 0.15) is 5.56 Å². The molecule has 1 heterocycles. The summed E-state index contributed by atoms with van der Waals surface area (Å²) in [6.45, 7) is -0.0379. The van der Waals surface area contributed by atoms with Crippen molar-refractivity contribution in [2.24, 2.45) is 0 Å². The molecule has 1 aromatic heterocycles. The number of fused-ring (bicyclic) bond motifs is 1. The van der Waals surface area contributed by atoms with Gasteiger partial charge in [-0.2, -0.15) is 0 Å². The first-order valence-corrected chi connectivity index (χ1v) is 8.97. The fraction of sp³-hybridized carbons (Fsp3) is 0.0870. The minimum absolute atomic E-state index is 0.163. The molecule has 0 bridgehead atoms. The highest BCUT2D eigenvalue weighted by Gasteiger charge is 2.16. The van der Waals surface area contributed by atoms with Crippen LogP contribution in [0.15, 0.2) is 89.7 Å². The average Bonchev–Trinajstić information content (AvgIpc) is 2.75. The van der Waals surface area contributed by atoms with Gasteiger partial charge in [-0.3, -0.25) is 14.2 Å². The minimum Gasteiger partial charge on any atom is -0.459 e. The molecule has 0 aliphatic rings. The summed E-state index contributed by atoms with van der Waals surface area (Å²) in [4.78, 5) is 30.1. The number of para-hydroxylation sites is 1. The molecule has 0 N–H and O–H groups in total. The third kappa shape index (κ3) is 3.69. The summed E-state index contributed by atoms with van der Waals surface area (Å²) in [5.74, 6) is -0.0406. The maximum atomic E-state index is 13.0. The molecular formula is C23H18N2O3. The molecule has 0 unspecified atom stereocenters. The van der Waals surface area contributed by atoms with Gasteiger partial charge in [-0.25, -0.2) is 4.98 Å². The van der Waals surface area contributed by atoms with Crippen molar-refractivity contribution < 1.29 is 9.53 Å². The molecule has 0 fully saturated rings. The largest absolute Gasteiger partial charge is 0.459 e. The molecule has 0 spiro atoms. The lowest BCUT2D eigenvalue weighted by molar-refractivity contribution is -0.145. The zero-order chi connectivity index (χ0) is 19.3. The quantitative estimate of drug-likeness (QED) is 0.501. The molecule has 0 amide bonds. The Hall–Kier alpha value is -3.73. The zero-order valence-electron chi connectivity index (χ0n) is 15.1. The zero-order valence-corrected chi connectivity index (χ0v) is 15.1. The number of hydrogen-bond acceptors (Lipinski definition) is 4. The standard InChI is InChI=1S/C23H18N2O3/c26-21(28-16-17-9-3-1-4-10-17)15-25-22(18-11-5-2-6-12-18)24-20-14-8-7-13-19(20)23(25)27/h1-14H,15-16H2. The van der Waals surface area contributed by atoms with E-state index in [2.05, 4.69) is 4.98 Å². The summed E-state index contributed by atoms with van der Waals surface area (Å²) in [7, 11) is 0. The van der Waals surface area contributed by atoms with Crippen LogP contribution in [0.2, 0.25) is 0 Å². The number of aromatic nitrogens is 2. The highest BCUT2D eigenvalue weighted by molar-refractivity contribution is 5.80. The molecule has 4 rings (SSSR count). The molecular weight excluding hydrogens is 352 g/mol. The first kappa shape index (κ1) is 17.7. The molecule has 28 heavy (non-hydrogen) atoms. The van der Waals surface area contributed by atoms with Gasteiger partial charge in [0, 0.05) is 5.56 Å². The fourth-order valence-electron chi connectivity index (χ4n) is 3.04. The summed E-state index contributed by atoms with van der Waals surface area (Å²) in [6.07, 6.45) is 0. The van der Waals surface area contributed by atoms with Crippen LogP contribution in [-0.4, -0.2) is 15.5 Å². The van der Waals surface area contributed by atoms with Gasteiger partial charge >= 0.3 is 5.97 Å². The van der Waals surface area contributed by atoms with Crippen LogP contribution in [-0.2, 0) is 22.7 Å². The second-order valence-electron chi connectivity index (χ2n) is 6.36. The maximum absolute atomic E-state index is 13.0. The summed E-state index contributed by atoms with van der Waals surface area (Å²) in [5, 5.41) is 0.470. The number of benzene rings is 3. The van der Waals surface area contributed by atoms with Crippen LogP contribution >= 0.6 is 0 Å². The number of carbonyl (C=O) groups excluding carboxylic acids is 1. The van der Waals surface area contributed by atoms with Crippen molar-refractivity contribution in [2.45, 2.75) is 13.2 Å². The van der Waals surface area contributed by atoms with Crippen molar-refractivity contribution in [1.29, 1.82) is 0 Å². The van der Waals surface area contributed by atoms with Crippen molar-refractivity contribution in [2.75, 3.05) is 0 Å². The van der Waals surface area contributed by atoms with Gasteiger partial charge < -0.3 is 4.74 Å². The van der Waals surface area contributed by atoms with Crippen LogP contribution in [0, 0.1) is 0 Å². The molecule has 0 saturated heterocycles. The second kappa shape index (κ2) is 7.88. The highest BCUT2D eigenvalue weighted by Crippen LogP contribution is 2.18. The molecule has 5 heteroatoms. The molecule has 0 aliphatic carbocycles. The average molecular weight is 370 g/mol. The van der Waals surface area contributed by atoms with Crippen LogP contribution < -0.4 is 5.56 Å². The van der Waals surface area contributed by atoms with E-state index >= 15 is 0 Å². The second-order valence-corrected chi connectivity index (χ2v) is 6.36. The van der Waals surface area contributed by atoms with Crippen molar-refractivity contribution in [3.8, 4) is 11.4 Å². The molecule has 5 nitrogen and oxygen atoms in total. The number of ether oxygens (including phenoxy) is 1. The lowest BCUT2D eigenvalue weighted by Crippen LogP contribution is -2.28. The van der Waals surface area contributed by atoms with E-state index in [0.717, 1.165) is 11.1 Å². The maximum Gasteiger partial charge on any atom is 0.326 e. The minimum atomic E-state index is -0.486. The Labute approximate surface area is 161 Å². The highest BCUT2D eigenvalue weighted by atomic mass is 16.5. The van der Waals surface area contributed by atoms with E-state index in [1.165, 1.54) is 4.57 Å². The van der Waals surface area contributed by atoms with E-state index in [9.17, 15) is 9.59 Å². The number of esters is 1. The van der Waals surface area contributed by atoms with Crippen molar-refractivity contribution in [1.82, 2.24) is 9.55 Å². The van der Waals surface area contributed by atoms with E-state index in [1.54, 1.807) is 18.2 Å². The Balaban J connectivity index is 1.69. The van der Waals surface area contributed by atoms with Gasteiger partial charge in [-0.15, -0.1) is 0 Å². The first-order valence-electron chi connectivity index (χ1n) is 8.97. The van der Waals surface area contributed by atoms with Crippen LogP contribution in [0.3, 0.4) is 0 Å². The molecule has 0 radical (unpaired) electrons. The van der Waals surface area contributed by atoms with Gasteiger partial charge in [0.25, 0.3) is 5.56 Å². The number of carbonyl (C=O) groups is 1. The third-order valence-corrected chi connectivity index (χ3v) is 4.42. The van der Waals surface area contributed by atoms with E-state index in [0.29, 0.717) is 16.7 Å². The van der Waals surface area contributed by atoms with E-state index < -0.39 is 5.97 Å². The molecule has 0 saturated carbocycles. The van der Waals surface area contributed by atoms with Gasteiger partial charge in [0.2, 0.25) is 0 Å². The third-order valence-electron chi connectivity index (χ3n) is 4.42. The summed E-state index contributed by atoms with van der Waals surface area (Å²) >= 11 is 0. The number of nitrogens with zero attached hydrogens (tertiary/aromatic N) is 2. The molecule has 138 valence electrons. The van der Waals surface area contributed by atoms with Crippen molar-refractivity contribution in [3.63, 3.8) is 0 Å². The SMILES string of the molecule is O=C(Cn1c(-c2ccccc2)nc2ccccc2c1=O)OCc1ccccc1. The fourth-order valence-corrected chi connectivity index (χ4v) is 3.04. The Morgan fingerprint density at radius 3 is 2.25 bits per heavy atom. The normalized spacial score (nSPS) is 10.7. The van der Waals surface area contributed by atoms with Gasteiger partial charge in [0.15, 0.2) is 0 Å². The van der Waals surface area contributed by atoms with E-state index in [1.807, 2.05) is 66.7 Å². The predicted molar refractivity (Wildman–Crippen MR) is 108 cm³/mol.